The molecule has 1 aromatic rings. The van der Waals surface area contributed by atoms with E-state index < -0.39 is 0 Å². The first-order chi connectivity index (χ1) is 8.38. The standard InChI is InChI=1S/C14H19NO2/c1-15-14(12-4-6-16-9-12)11-2-3-13-10(8-11)5-7-17-13/h2-3,8,12,14-15H,4-7,9H2,1H3. The largest absolute Gasteiger partial charge is 0.493 e. The minimum Gasteiger partial charge on any atom is -0.493 e. The second kappa shape index (κ2) is 4.67. The fourth-order valence-electron chi connectivity index (χ4n) is 2.89. The molecule has 0 radical (unpaired) electrons. The van der Waals surface area contributed by atoms with Gasteiger partial charge in [0.2, 0.25) is 0 Å². The molecule has 1 N–H and O–H groups in total. The molecular weight excluding hydrogens is 214 g/mol. The van der Waals surface area contributed by atoms with Crippen molar-refractivity contribution in [1.29, 1.82) is 0 Å². The van der Waals surface area contributed by atoms with Crippen molar-refractivity contribution in [2.45, 2.75) is 18.9 Å². The third-order valence-electron chi connectivity index (χ3n) is 3.82. The summed E-state index contributed by atoms with van der Waals surface area (Å²) in [6.45, 7) is 2.60. The quantitative estimate of drug-likeness (QED) is 0.865. The smallest absolute Gasteiger partial charge is 0.122 e. The number of fused-ring (bicyclic) bond motifs is 1. The number of ether oxygens (including phenoxy) is 2. The van der Waals surface area contributed by atoms with E-state index in [9.17, 15) is 0 Å². The van der Waals surface area contributed by atoms with Crippen molar-refractivity contribution in [3.05, 3.63) is 29.3 Å². The van der Waals surface area contributed by atoms with Crippen LogP contribution >= 0.6 is 0 Å². The SMILES string of the molecule is CNC(c1ccc2c(c1)CCO2)C1CCOC1. The van der Waals surface area contributed by atoms with Gasteiger partial charge in [-0.25, -0.2) is 0 Å². The van der Waals surface area contributed by atoms with E-state index in [-0.39, 0.29) is 0 Å². The molecule has 1 saturated heterocycles. The van der Waals surface area contributed by atoms with Crippen LogP contribution in [0.25, 0.3) is 0 Å². The fraction of sp³-hybridized carbons (Fsp3) is 0.571. The molecule has 1 aromatic carbocycles. The molecule has 0 bridgehead atoms. The molecule has 17 heavy (non-hydrogen) atoms. The molecular formula is C14H19NO2. The van der Waals surface area contributed by atoms with Crippen LogP contribution in [0, 0.1) is 5.92 Å². The second-order valence-corrected chi connectivity index (χ2v) is 4.86. The molecule has 0 saturated carbocycles. The summed E-state index contributed by atoms with van der Waals surface area (Å²) in [5, 5.41) is 3.43. The van der Waals surface area contributed by atoms with E-state index in [2.05, 4.69) is 23.5 Å². The normalized spacial score (nSPS) is 24.4. The average molecular weight is 233 g/mol. The lowest BCUT2D eigenvalue weighted by Crippen LogP contribution is -2.25. The third kappa shape index (κ3) is 2.05. The van der Waals surface area contributed by atoms with Crippen molar-refractivity contribution in [2.75, 3.05) is 26.9 Å². The minimum absolute atomic E-state index is 0.406. The van der Waals surface area contributed by atoms with Gasteiger partial charge in [-0.2, -0.15) is 0 Å². The Bertz CT molecular complexity index is 399. The van der Waals surface area contributed by atoms with Crippen molar-refractivity contribution < 1.29 is 9.47 Å². The lowest BCUT2D eigenvalue weighted by atomic mass is 9.91. The summed E-state index contributed by atoms with van der Waals surface area (Å²) in [5.74, 6) is 1.66. The van der Waals surface area contributed by atoms with Crippen LogP contribution in [-0.4, -0.2) is 26.9 Å². The summed E-state index contributed by atoms with van der Waals surface area (Å²) >= 11 is 0. The van der Waals surface area contributed by atoms with E-state index >= 15 is 0 Å². The Labute approximate surface area is 102 Å². The van der Waals surface area contributed by atoms with Gasteiger partial charge >= 0.3 is 0 Å². The molecule has 3 nitrogen and oxygen atoms in total. The molecule has 3 heteroatoms. The topological polar surface area (TPSA) is 30.5 Å². The summed E-state index contributed by atoms with van der Waals surface area (Å²) in [6.07, 6.45) is 2.19. The zero-order valence-electron chi connectivity index (χ0n) is 10.2. The molecule has 2 unspecified atom stereocenters. The number of hydrogen-bond acceptors (Lipinski definition) is 3. The molecule has 3 rings (SSSR count). The van der Waals surface area contributed by atoms with E-state index in [4.69, 9.17) is 9.47 Å². The van der Waals surface area contributed by atoms with Crippen LogP contribution in [0.2, 0.25) is 0 Å². The molecule has 2 aliphatic heterocycles. The van der Waals surface area contributed by atoms with Crippen LogP contribution in [0.1, 0.15) is 23.6 Å². The van der Waals surface area contributed by atoms with Crippen LogP contribution in [0.4, 0.5) is 0 Å². The number of rotatable bonds is 3. The molecule has 2 atom stereocenters. The van der Waals surface area contributed by atoms with Crippen LogP contribution in [-0.2, 0) is 11.2 Å². The predicted octanol–water partition coefficient (Wildman–Crippen LogP) is 1.92. The zero-order valence-corrected chi connectivity index (χ0v) is 10.2. The Morgan fingerprint density at radius 1 is 1.35 bits per heavy atom. The average Bonchev–Trinajstić information content (AvgIpc) is 2.99. The molecule has 0 spiro atoms. The Hall–Kier alpha value is -1.06. The van der Waals surface area contributed by atoms with Gasteiger partial charge in [0.05, 0.1) is 13.2 Å². The molecule has 2 heterocycles. The molecule has 0 amide bonds. The molecule has 0 aliphatic carbocycles. The van der Waals surface area contributed by atoms with Crippen molar-refractivity contribution >= 4 is 0 Å². The van der Waals surface area contributed by atoms with Crippen LogP contribution < -0.4 is 10.1 Å². The summed E-state index contributed by atoms with van der Waals surface area (Å²) < 4.78 is 11.0. The highest BCUT2D eigenvalue weighted by Crippen LogP contribution is 2.33. The van der Waals surface area contributed by atoms with E-state index in [1.54, 1.807) is 0 Å². The van der Waals surface area contributed by atoms with Gasteiger partial charge in [-0.3, -0.25) is 0 Å². The van der Waals surface area contributed by atoms with Crippen molar-refractivity contribution in [1.82, 2.24) is 5.32 Å². The maximum atomic E-state index is 5.55. The number of benzene rings is 1. The Morgan fingerprint density at radius 3 is 3.06 bits per heavy atom. The predicted molar refractivity (Wildman–Crippen MR) is 66.4 cm³/mol. The first kappa shape index (κ1) is 11.1. The first-order valence-corrected chi connectivity index (χ1v) is 6.39. The summed E-state index contributed by atoms with van der Waals surface area (Å²) in [4.78, 5) is 0. The highest BCUT2D eigenvalue weighted by Gasteiger charge is 2.26. The van der Waals surface area contributed by atoms with E-state index in [0.29, 0.717) is 12.0 Å². The third-order valence-corrected chi connectivity index (χ3v) is 3.82. The van der Waals surface area contributed by atoms with Gasteiger partial charge in [0, 0.05) is 25.0 Å². The van der Waals surface area contributed by atoms with E-state index in [0.717, 1.165) is 38.4 Å². The lowest BCUT2D eigenvalue weighted by molar-refractivity contribution is 0.178. The second-order valence-electron chi connectivity index (χ2n) is 4.86. The Kier molecular flexibility index (Phi) is 3.04. The monoisotopic (exact) mass is 233 g/mol. The van der Waals surface area contributed by atoms with E-state index in [1.807, 2.05) is 7.05 Å². The molecule has 2 aliphatic rings. The van der Waals surface area contributed by atoms with Gasteiger partial charge in [-0.15, -0.1) is 0 Å². The lowest BCUT2D eigenvalue weighted by Gasteiger charge is -2.22. The van der Waals surface area contributed by atoms with E-state index in [1.165, 1.54) is 11.1 Å². The number of hydrogen-bond donors (Lipinski definition) is 1. The van der Waals surface area contributed by atoms with Gasteiger partial charge in [-0.05, 0) is 30.7 Å². The highest BCUT2D eigenvalue weighted by molar-refractivity contribution is 5.41. The van der Waals surface area contributed by atoms with Crippen molar-refractivity contribution in [3.8, 4) is 5.75 Å². The Morgan fingerprint density at radius 2 is 2.29 bits per heavy atom. The molecule has 1 fully saturated rings. The van der Waals surface area contributed by atoms with Gasteiger partial charge in [0.1, 0.15) is 5.75 Å². The number of nitrogens with one attached hydrogen (secondary N) is 1. The molecule has 92 valence electrons. The van der Waals surface area contributed by atoms with Gasteiger partial charge < -0.3 is 14.8 Å². The zero-order chi connectivity index (χ0) is 11.7. The summed E-state index contributed by atoms with van der Waals surface area (Å²) in [7, 11) is 2.03. The fourth-order valence-corrected chi connectivity index (χ4v) is 2.89. The summed E-state index contributed by atoms with van der Waals surface area (Å²) in [5.41, 5.74) is 2.72. The van der Waals surface area contributed by atoms with Gasteiger partial charge in [0.15, 0.2) is 0 Å². The minimum atomic E-state index is 0.406. The first-order valence-electron chi connectivity index (χ1n) is 6.39. The van der Waals surface area contributed by atoms with Crippen molar-refractivity contribution in [3.63, 3.8) is 0 Å². The van der Waals surface area contributed by atoms with Gasteiger partial charge in [-0.1, -0.05) is 12.1 Å². The maximum absolute atomic E-state index is 5.55. The Balaban J connectivity index is 1.85. The maximum Gasteiger partial charge on any atom is 0.122 e. The molecule has 0 aromatic heterocycles. The van der Waals surface area contributed by atoms with Crippen LogP contribution in [0.15, 0.2) is 18.2 Å². The van der Waals surface area contributed by atoms with Gasteiger partial charge in [0.25, 0.3) is 0 Å². The van der Waals surface area contributed by atoms with Crippen molar-refractivity contribution in [2.24, 2.45) is 5.92 Å². The summed E-state index contributed by atoms with van der Waals surface area (Å²) in [6, 6.07) is 6.99. The van der Waals surface area contributed by atoms with Crippen LogP contribution in [0.5, 0.6) is 5.75 Å². The van der Waals surface area contributed by atoms with Crippen LogP contribution in [0.3, 0.4) is 0 Å². The highest BCUT2D eigenvalue weighted by atomic mass is 16.5.